The van der Waals surface area contributed by atoms with Gasteiger partial charge in [0, 0.05) is 13.6 Å². The highest BCUT2D eigenvalue weighted by atomic mass is 16.5. The number of hydrogen-bond donors (Lipinski definition) is 1. The molecule has 1 heterocycles. The van der Waals surface area contributed by atoms with E-state index in [-0.39, 0.29) is 24.3 Å². The highest BCUT2D eigenvalue weighted by Crippen LogP contribution is 2.14. The fourth-order valence-corrected chi connectivity index (χ4v) is 1.90. The molecule has 0 aliphatic heterocycles. The van der Waals surface area contributed by atoms with Gasteiger partial charge in [0.1, 0.15) is 6.54 Å². The molecule has 0 spiro atoms. The van der Waals surface area contributed by atoms with Gasteiger partial charge in [0.25, 0.3) is 0 Å². The van der Waals surface area contributed by atoms with Gasteiger partial charge in [-0.25, -0.2) is 0 Å². The van der Waals surface area contributed by atoms with Gasteiger partial charge in [-0.3, -0.25) is 14.3 Å². The number of amides is 1. The van der Waals surface area contributed by atoms with E-state index in [0.29, 0.717) is 17.9 Å². The van der Waals surface area contributed by atoms with Gasteiger partial charge in [-0.1, -0.05) is 6.92 Å². The largest absolute Gasteiger partial charge is 0.469 e. The number of carbonyl (C=O) groups is 2. The van der Waals surface area contributed by atoms with Crippen LogP contribution in [0, 0.1) is 19.8 Å². The molecule has 20 heavy (non-hydrogen) atoms. The summed E-state index contributed by atoms with van der Waals surface area (Å²) in [4.78, 5) is 24.9. The minimum atomic E-state index is -0.362. The summed E-state index contributed by atoms with van der Waals surface area (Å²) in [6, 6.07) is 0. The first-order valence-electron chi connectivity index (χ1n) is 6.39. The maximum Gasteiger partial charge on any atom is 0.310 e. The first-order chi connectivity index (χ1) is 9.27. The summed E-state index contributed by atoms with van der Waals surface area (Å²) in [7, 11) is 2.98. The third kappa shape index (κ3) is 3.49. The maximum atomic E-state index is 12.1. The van der Waals surface area contributed by atoms with Crippen molar-refractivity contribution in [1.82, 2.24) is 14.7 Å². The fraction of sp³-hybridized carbons (Fsp3) is 0.615. The van der Waals surface area contributed by atoms with Crippen LogP contribution in [0.4, 0.5) is 5.69 Å². The molecule has 0 saturated heterocycles. The molecular formula is C13H22N4O3. The van der Waals surface area contributed by atoms with Gasteiger partial charge in [-0.05, 0) is 13.8 Å². The summed E-state index contributed by atoms with van der Waals surface area (Å²) in [6.07, 6.45) is 0. The Labute approximate surface area is 118 Å². The van der Waals surface area contributed by atoms with Crippen LogP contribution in [0.5, 0.6) is 0 Å². The second-order valence-corrected chi connectivity index (χ2v) is 4.94. The van der Waals surface area contributed by atoms with Crippen LogP contribution in [-0.4, -0.2) is 47.3 Å². The van der Waals surface area contributed by atoms with Crippen LogP contribution >= 0.6 is 0 Å². The third-order valence-electron chi connectivity index (χ3n) is 3.30. The summed E-state index contributed by atoms with van der Waals surface area (Å²) in [6.45, 7) is 5.75. The van der Waals surface area contributed by atoms with E-state index in [4.69, 9.17) is 5.73 Å². The van der Waals surface area contributed by atoms with Gasteiger partial charge < -0.3 is 15.4 Å². The Morgan fingerprint density at radius 3 is 2.50 bits per heavy atom. The lowest BCUT2D eigenvalue weighted by Crippen LogP contribution is -2.36. The van der Waals surface area contributed by atoms with E-state index in [0.717, 1.165) is 5.69 Å². The van der Waals surface area contributed by atoms with Gasteiger partial charge >= 0.3 is 5.97 Å². The van der Waals surface area contributed by atoms with Gasteiger partial charge in [0.05, 0.1) is 30.1 Å². The van der Waals surface area contributed by atoms with Crippen molar-refractivity contribution in [2.24, 2.45) is 5.92 Å². The molecule has 0 aromatic carbocycles. The van der Waals surface area contributed by atoms with Gasteiger partial charge in [-0.2, -0.15) is 5.10 Å². The average molecular weight is 282 g/mol. The van der Waals surface area contributed by atoms with E-state index in [1.54, 1.807) is 25.6 Å². The molecule has 0 radical (unpaired) electrons. The number of aromatic nitrogens is 2. The van der Waals surface area contributed by atoms with Crippen molar-refractivity contribution in [1.29, 1.82) is 0 Å². The zero-order chi connectivity index (χ0) is 15.4. The van der Waals surface area contributed by atoms with Crippen molar-refractivity contribution in [3.8, 4) is 0 Å². The van der Waals surface area contributed by atoms with E-state index >= 15 is 0 Å². The molecule has 1 amide bonds. The van der Waals surface area contributed by atoms with Crippen molar-refractivity contribution in [3.05, 3.63) is 11.4 Å². The summed E-state index contributed by atoms with van der Waals surface area (Å²) in [5.41, 5.74) is 7.90. The first-order valence-corrected chi connectivity index (χ1v) is 6.39. The number of nitrogen functional groups attached to an aromatic ring is 1. The first kappa shape index (κ1) is 16.0. The molecule has 0 saturated carbocycles. The maximum absolute atomic E-state index is 12.1. The van der Waals surface area contributed by atoms with Crippen LogP contribution in [0.2, 0.25) is 0 Å². The number of carbonyl (C=O) groups excluding carboxylic acids is 2. The highest BCUT2D eigenvalue weighted by molar-refractivity contribution is 5.77. The molecule has 0 fully saturated rings. The number of rotatable bonds is 5. The van der Waals surface area contributed by atoms with Crippen molar-refractivity contribution in [3.63, 3.8) is 0 Å². The molecule has 1 aromatic heterocycles. The minimum Gasteiger partial charge on any atom is -0.469 e. The number of aryl methyl sites for hydroxylation is 1. The Kier molecular flexibility index (Phi) is 5.12. The Hall–Kier alpha value is -2.05. The molecule has 1 unspecified atom stereocenters. The van der Waals surface area contributed by atoms with Crippen LogP contribution in [-0.2, 0) is 20.9 Å². The lowest BCUT2D eigenvalue weighted by molar-refractivity contribution is -0.146. The predicted molar refractivity (Wildman–Crippen MR) is 74.9 cm³/mol. The Bertz CT molecular complexity index is 510. The zero-order valence-corrected chi connectivity index (χ0v) is 12.6. The molecule has 0 aliphatic carbocycles. The van der Waals surface area contributed by atoms with E-state index in [9.17, 15) is 9.59 Å². The van der Waals surface area contributed by atoms with Crippen molar-refractivity contribution >= 4 is 17.6 Å². The van der Waals surface area contributed by atoms with Crippen LogP contribution in [0.25, 0.3) is 0 Å². The molecule has 0 aliphatic rings. The van der Waals surface area contributed by atoms with E-state index in [1.807, 2.05) is 6.92 Å². The molecular weight excluding hydrogens is 260 g/mol. The quantitative estimate of drug-likeness (QED) is 0.787. The van der Waals surface area contributed by atoms with Crippen molar-refractivity contribution in [2.45, 2.75) is 27.3 Å². The zero-order valence-electron chi connectivity index (χ0n) is 12.6. The predicted octanol–water partition coefficient (Wildman–Crippen LogP) is 0.350. The van der Waals surface area contributed by atoms with Crippen molar-refractivity contribution in [2.75, 3.05) is 26.4 Å². The second kappa shape index (κ2) is 6.40. The number of esters is 1. The SMILES string of the molecule is COC(=O)C(C)CN(C)C(=O)Cn1nc(C)c(N)c1C. The van der Waals surface area contributed by atoms with E-state index in [2.05, 4.69) is 9.84 Å². The Morgan fingerprint density at radius 2 is 2.05 bits per heavy atom. The van der Waals surface area contributed by atoms with Crippen LogP contribution in [0.1, 0.15) is 18.3 Å². The van der Waals surface area contributed by atoms with E-state index in [1.165, 1.54) is 12.0 Å². The summed E-state index contributed by atoms with van der Waals surface area (Å²) >= 11 is 0. The highest BCUT2D eigenvalue weighted by Gasteiger charge is 2.20. The number of ether oxygens (including phenoxy) is 1. The number of hydrogen-bond acceptors (Lipinski definition) is 5. The number of nitrogens with two attached hydrogens (primary N) is 1. The van der Waals surface area contributed by atoms with Gasteiger partial charge in [-0.15, -0.1) is 0 Å². The molecule has 7 nitrogen and oxygen atoms in total. The molecule has 112 valence electrons. The number of methoxy groups -OCH3 is 1. The molecule has 7 heteroatoms. The van der Waals surface area contributed by atoms with E-state index < -0.39 is 0 Å². The summed E-state index contributed by atoms with van der Waals surface area (Å²) in [5, 5.41) is 4.22. The Balaban J connectivity index is 2.66. The number of anilines is 1. The normalized spacial score (nSPS) is 12.1. The monoisotopic (exact) mass is 282 g/mol. The van der Waals surface area contributed by atoms with Crippen LogP contribution in [0.15, 0.2) is 0 Å². The molecule has 1 aromatic rings. The number of likely N-dealkylation sites (N-methyl/N-ethyl adjacent to an activating group) is 1. The second-order valence-electron chi connectivity index (χ2n) is 4.94. The van der Waals surface area contributed by atoms with Crippen molar-refractivity contribution < 1.29 is 14.3 Å². The van der Waals surface area contributed by atoms with Crippen LogP contribution < -0.4 is 5.73 Å². The van der Waals surface area contributed by atoms with Gasteiger partial charge in [0.15, 0.2) is 0 Å². The lowest BCUT2D eigenvalue weighted by Gasteiger charge is -2.20. The smallest absolute Gasteiger partial charge is 0.310 e. The topological polar surface area (TPSA) is 90.5 Å². The molecule has 2 N–H and O–H groups in total. The number of nitrogens with zero attached hydrogens (tertiary/aromatic N) is 3. The standard InChI is InChI=1S/C13H22N4O3/c1-8(13(19)20-5)6-16(4)11(18)7-17-10(3)12(14)9(2)15-17/h8H,6-7,14H2,1-5H3. The third-order valence-corrected chi connectivity index (χ3v) is 3.30. The lowest BCUT2D eigenvalue weighted by atomic mass is 10.2. The average Bonchev–Trinajstić information content (AvgIpc) is 2.65. The minimum absolute atomic E-state index is 0.105. The molecule has 1 rings (SSSR count). The fourth-order valence-electron chi connectivity index (χ4n) is 1.90. The molecule has 1 atom stereocenters. The Morgan fingerprint density at radius 1 is 1.45 bits per heavy atom. The molecule has 0 bridgehead atoms. The summed E-state index contributed by atoms with van der Waals surface area (Å²) in [5.74, 6) is -0.828. The van der Waals surface area contributed by atoms with Crippen LogP contribution in [0.3, 0.4) is 0 Å². The summed E-state index contributed by atoms with van der Waals surface area (Å²) < 4.78 is 6.21. The van der Waals surface area contributed by atoms with Gasteiger partial charge in [0.2, 0.25) is 5.91 Å².